The molecular formula is C23H33ClFN7O2. The molecule has 0 amide bonds. The number of aromatic nitrogens is 4. The zero-order valence-electron chi connectivity index (χ0n) is 20.0. The van der Waals surface area contributed by atoms with Crippen LogP contribution in [0.25, 0.3) is 22.3 Å². The van der Waals surface area contributed by atoms with E-state index < -0.39 is 11.4 Å². The van der Waals surface area contributed by atoms with Gasteiger partial charge in [-0.3, -0.25) is 0 Å². The number of aliphatic hydroxyl groups is 1. The number of hydrogen-bond acceptors (Lipinski definition) is 8. The summed E-state index contributed by atoms with van der Waals surface area (Å²) in [7, 11) is 0. The Bertz CT molecular complexity index is 1120. The Balaban J connectivity index is 0.000000396. The van der Waals surface area contributed by atoms with Crippen molar-refractivity contribution in [3.63, 3.8) is 0 Å². The first kappa shape index (κ1) is 26.1. The van der Waals surface area contributed by atoms with Gasteiger partial charge in [-0.15, -0.1) is 0 Å². The average Bonchev–Trinajstić information content (AvgIpc) is 3.14. The Morgan fingerprint density at radius 2 is 2.09 bits per heavy atom. The summed E-state index contributed by atoms with van der Waals surface area (Å²) in [5.74, 6) is 0.160. The van der Waals surface area contributed by atoms with Crippen LogP contribution in [-0.4, -0.2) is 56.0 Å². The number of hydrogen-bond donors (Lipinski definition) is 4. The molecule has 4 rings (SSSR count). The van der Waals surface area contributed by atoms with Crippen molar-refractivity contribution < 1.29 is 14.2 Å². The third kappa shape index (κ3) is 6.53. The topological polar surface area (TPSA) is 137 Å². The Morgan fingerprint density at radius 3 is 2.65 bits per heavy atom. The lowest BCUT2D eigenvalue weighted by atomic mass is 10.1. The molecule has 0 bridgehead atoms. The highest BCUT2D eigenvalue weighted by atomic mass is 35.5. The molecule has 0 saturated carbocycles. The molecule has 2 aromatic heterocycles. The minimum atomic E-state index is -0.467. The van der Waals surface area contributed by atoms with Crippen molar-refractivity contribution in [3.8, 4) is 11.3 Å². The van der Waals surface area contributed by atoms with Crippen LogP contribution in [0, 0.1) is 5.82 Å². The monoisotopic (exact) mass is 493 g/mol. The predicted molar refractivity (Wildman–Crippen MR) is 133 cm³/mol. The SMILES string of the molecule is CC(C)n1c(NCC(C)(C)N)nc2c(F)cc(-c3nc(N)ncc3Cl)cc21.OC1CCCOC1. The molecule has 3 aromatic rings. The smallest absolute Gasteiger partial charge is 0.220 e. The summed E-state index contributed by atoms with van der Waals surface area (Å²) in [5, 5.41) is 12.3. The lowest BCUT2D eigenvalue weighted by molar-refractivity contribution is -0.00535. The van der Waals surface area contributed by atoms with Gasteiger partial charge in [-0.2, -0.15) is 0 Å². The summed E-state index contributed by atoms with van der Waals surface area (Å²) in [6.07, 6.45) is 3.15. The fourth-order valence-electron chi connectivity index (χ4n) is 3.55. The number of fused-ring (bicyclic) bond motifs is 1. The first-order valence-corrected chi connectivity index (χ1v) is 11.6. The number of rotatable bonds is 5. The largest absolute Gasteiger partial charge is 0.391 e. The summed E-state index contributed by atoms with van der Waals surface area (Å²) < 4.78 is 21.7. The molecule has 6 N–H and O–H groups in total. The van der Waals surface area contributed by atoms with E-state index in [9.17, 15) is 4.39 Å². The second-order valence-electron chi connectivity index (χ2n) is 9.36. The summed E-state index contributed by atoms with van der Waals surface area (Å²) in [4.78, 5) is 12.4. The summed E-state index contributed by atoms with van der Waals surface area (Å²) >= 11 is 6.19. The van der Waals surface area contributed by atoms with Gasteiger partial charge in [0.15, 0.2) is 5.82 Å². The van der Waals surface area contributed by atoms with Gasteiger partial charge in [-0.05, 0) is 52.7 Å². The van der Waals surface area contributed by atoms with E-state index in [0.29, 0.717) is 40.9 Å². The third-order valence-electron chi connectivity index (χ3n) is 5.14. The zero-order valence-corrected chi connectivity index (χ0v) is 20.7. The van der Waals surface area contributed by atoms with Gasteiger partial charge in [0.2, 0.25) is 11.9 Å². The first-order chi connectivity index (χ1) is 16.0. The van der Waals surface area contributed by atoms with Crippen molar-refractivity contribution in [1.82, 2.24) is 19.5 Å². The molecule has 1 aliphatic rings. The molecule has 0 radical (unpaired) electrons. The van der Waals surface area contributed by atoms with Crippen molar-refractivity contribution >= 4 is 34.5 Å². The summed E-state index contributed by atoms with van der Waals surface area (Å²) in [6, 6.07) is 3.20. The molecule has 11 heteroatoms. The first-order valence-electron chi connectivity index (χ1n) is 11.2. The second kappa shape index (κ2) is 10.8. The maximum absolute atomic E-state index is 14.8. The van der Waals surface area contributed by atoms with Gasteiger partial charge in [-0.1, -0.05) is 11.6 Å². The van der Waals surface area contributed by atoms with Gasteiger partial charge < -0.3 is 31.2 Å². The number of nitrogens with one attached hydrogen (secondary N) is 1. The van der Waals surface area contributed by atoms with Gasteiger partial charge in [0.1, 0.15) is 5.52 Å². The van der Waals surface area contributed by atoms with E-state index in [4.69, 9.17) is 32.9 Å². The molecule has 0 aliphatic carbocycles. The number of aliphatic hydroxyl groups excluding tert-OH is 1. The number of halogens is 2. The fourth-order valence-corrected chi connectivity index (χ4v) is 3.75. The zero-order chi connectivity index (χ0) is 25.0. The van der Waals surface area contributed by atoms with Gasteiger partial charge in [-0.25, -0.2) is 19.3 Å². The molecule has 1 atom stereocenters. The number of benzene rings is 1. The maximum Gasteiger partial charge on any atom is 0.220 e. The highest BCUT2D eigenvalue weighted by Gasteiger charge is 2.20. The molecule has 1 saturated heterocycles. The number of nitrogens with two attached hydrogens (primary N) is 2. The highest BCUT2D eigenvalue weighted by molar-refractivity contribution is 6.33. The second-order valence-corrected chi connectivity index (χ2v) is 9.77. The Kier molecular flexibility index (Phi) is 8.29. The Labute approximate surface area is 203 Å². The van der Waals surface area contributed by atoms with Gasteiger partial charge in [0.05, 0.1) is 35.1 Å². The number of anilines is 2. The van der Waals surface area contributed by atoms with E-state index in [1.807, 2.05) is 32.3 Å². The van der Waals surface area contributed by atoms with Crippen LogP contribution in [0.5, 0.6) is 0 Å². The average molecular weight is 494 g/mol. The van der Waals surface area contributed by atoms with E-state index in [0.717, 1.165) is 19.4 Å². The number of ether oxygens (including phenoxy) is 1. The number of nitrogens with zero attached hydrogens (tertiary/aromatic N) is 4. The highest BCUT2D eigenvalue weighted by Crippen LogP contribution is 2.33. The molecule has 1 fully saturated rings. The predicted octanol–water partition coefficient (Wildman–Crippen LogP) is 3.76. The molecule has 0 spiro atoms. The quantitative estimate of drug-likeness (QED) is 0.421. The third-order valence-corrected chi connectivity index (χ3v) is 5.42. The Morgan fingerprint density at radius 1 is 1.35 bits per heavy atom. The van der Waals surface area contributed by atoms with Gasteiger partial charge >= 0.3 is 0 Å². The maximum atomic E-state index is 14.8. The Hall–Kier alpha value is -2.53. The minimum absolute atomic E-state index is 0.0407. The number of nitrogen functional groups attached to an aromatic ring is 1. The fraction of sp³-hybridized carbons (Fsp3) is 0.522. The van der Waals surface area contributed by atoms with Crippen LogP contribution in [0.1, 0.15) is 46.6 Å². The van der Waals surface area contributed by atoms with Gasteiger partial charge in [0, 0.05) is 30.3 Å². The van der Waals surface area contributed by atoms with Crippen LogP contribution < -0.4 is 16.8 Å². The van der Waals surface area contributed by atoms with Crippen molar-refractivity contribution in [2.45, 2.75) is 58.2 Å². The van der Waals surface area contributed by atoms with Crippen LogP contribution in [0.3, 0.4) is 0 Å². The molecule has 1 aliphatic heterocycles. The lowest BCUT2D eigenvalue weighted by Crippen LogP contribution is -2.40. The van der Waals surface area contributed by atoms with Gasteiger partial charge in [0.25, 0.3) is 0 Å². The lowest BCUT2D eigenvalue weighted by Gasteiger charge is -2.21. The van der Waals surface area contributed by atoms with Crippen molar-refractivity contribution in [2.24, 2.45) is 5.73 Å². The molecular weight excluding hydrogens is 461 g/mol. The van der Waals surface area contributed by atoms with Crippen molar-refractivity contribution in [2.75, 3.05) is 30.8 Å². The molecule has 1 aromatic carbocycles. The van der Waals surface area contributed by atoms with E-state index in [-0.39, 0.29) is 23.6 Å². The van der Waals surface area contributed by atoms with E-state index >= 15 is 0 Å². The standard InChI is InChI=1S/C18H23ClFN7.C5H10O2/c1-9(2)27-13-6-10(14-11(19)7-23-16(21)25-14)5-12(20)15(13)26-17(27)24-8-18(3,4)22;6-5-2-1-3-7-4-5/h5-7,9H,8,22H2,1-4H3,(H,24,26)(H2,21,23,25);5-6H,1-4H2. The summed E-state index contributed by atoms with van der Waals surface area (Å²) in [5.41, 5.74) is 13.1. The van der Waals surface area contributed by atoms with Crippen LogP contribution >= 0.6 is 11.6 Å². The molecule has 34 heavy (non-hydrogen) atoms. The van der Waals surface area contributed by atoms with Crippen LogP contribution in [0.15, 0.2) is 18.3 Å². The van der Waals surface area contributed by atoms with Crippen molar-refractivity contribution in [3.05, 3.63) is 29.2 Å². The van der Waals surface area contributed by atoms with Crippen LogP contribution in [-0.2, 0) is 4.74 Å². The van der Waals surface area contributed by atoms with Crippen LogP contribution in [0.2, 0.25) is 5.02 Å². The van der Waals surface area contributed by atoms with Crippen LogP contribution in [0.4, 0.5) is 16.3 Å². The normalized spacial score (nSPS) is 16.4. The van der Waals surface area contributed by atoms with E-state index in [1.165, 1.54) is 12.3 Å². The minimum Gasteiger partial charge on any atom is -0.391 e. The number of imidazole rings is 1. The van der Waals surface area contributed by atoms with E-state index in [2.05, 4.69) is 20.3 Å². The molecule has 3 heterocycles. The molecule has 9 nitrogen and oxygen atoms in total. The molecule has 186 valence electrons. The summed E-state index contributed by atoms with van der Waals surface area (Å²) in [6.45, 7) is 9.67. The van der Waals surface area contributed by atoms with Crippen molar-refractivity contribution in [1.29, 1.82) is 0 Å². The van der Waals surface area contributed by atoms with E-state index in [1.54, 1.807) is 6.07 Å². The molecule has 1 unspecified atom stereocenters.